The van der Waals surface area contributed by atoms with Gasteiger partial charge >= 0.3 is 0 Å². The average molecular weight is 292 g/mol. The third kappa shape index (κ3) is 2.43. The van der Waals surface area contributed by atoms with Gasteiger partial charge in [0, 0.05) is 17.4 Å². The molecule has 0 N–H and O–H groups in total. The van der Waals surface area contributed by atoms with E-state index in [2.05, 4.69) is 9.97 Å². The number of amides is 1. The lowest BCUT2D eigenvalue weighted by atomic mass is 10.2. The Bertz CT molecular complexity index is 591. The Morgan fingerprint density at radius 2 is 2.05 bits per heavy atom. The van der Waals surface area contributed by atoms with Crippen LogP contribution in [-0.2, 0) is 4.79 Å². The zero-order valence-electron chi connectivity index (χ0n) is 9.86. The first-order valence-electron chi connectivity index (χ1n) is 5.71. The van der Waals surface area contributed by atoms with Crippen LogP contribution < -0.4 is 4.90 Å². The molecule has 6 heteroatoms. The number of anilines is 1. The SMILES string of the molecule is O=C1CSC(c2ccc(Cl)cc2)N1c1cnccn1. The van der Waals surface area contributed by atoms with Gasteiger partial charge in [-0.1, -0.05) is 23.7 Å². The summed E-state index contributed by atoms with van der Waals surface area (Å²) in [5, 5.41) is 0.616. The smallest absolute Gasteiger partial charge is 0.239 e. The molecule has 1 atom stereocenters. The first-order valence-corrected chi connectivity index (χ1v) is 7.13. The lowest BCUT2D eigenvalue weighted by Crippen LogP contribution is -2.28. The van der Waals surface area contributed by atoms with Crippen molar-refractivity contribution in [2.24, 2.45) is 0 Å². The molecule has 2 heterocycles. The molecule has 1 aromatic carbocycles. The van der Waals surface area contributed by atoms with Gasteiger partial charge in [-0.05, 0) is 17.7 Å². The molecular formula is C13H10ClN3OS. The summed E-state index contributed by atoms with van der Waals surface area (Å²) in [6.07, 6.45) is 4.78. The number of aromatic nitrogens is 2. The lowest BCUT2D eigenvalue weighted by Gasteiger charge is -2.22. The minimum atomic E-state index is -0.0681. The van der Waals surface area contributed by atoms with Crippen molar-refractivity contribution in [1.29, 1.82) is 0 Å². The highest BCUT2D eigenvalue weighted by Crippen LogP contribution is 2.40. The summed E-state index contributed by atoms with van der Waals surface area (Å²) in [5.41, 5.74) is 1.03. The summed E-state index contributed by atoms with van der Waals surface area (Å²) < 4.78 is 0. The third-order valence-electron chi connectivity index (χ3n) is 2.82. The van der Waals surface area contributed by atoms with E-state index in [1.807, 2.05) is 24.3 Å². The topological polar surface area (TPSA) is 46.1 Å². The summed E-state index contributed by atoms with van der Waals surface area (Å²) in [6, 6.07) is 7.52. The van der Waals surface area contributed by atoms with Crippen LogP contribution in [0.5, 0.6) is 0 Å². The molecule has 1 aliphatic heterocycles. The Morgan fingerprint density at radius 3 is 2.74 bits per heavy atom. The Labute approximate surface area is 119 Å². The second-order valence-electron chi connectivity index (χ2n) is 4.04. The third-order valence-corrected chi connectivity index (χ3v) is 4.28. The minimum absolute atomic E-state index is 0.0467. The van der Waals surface area contributed by atoms with Crippen molar-refractivity contribution in [2.45, 2.75) is 5.37 Å². The molecule has 1 saturated heterocycles. The van der Waals surface area contributed by atoms with E-state index in [1.54, 1.807) is 35.3 Å². The van der Waals surface area contributed by atoms with Crippen LogP contribution in [0.15, 0.2) is 42.9 Å². The maximum absolute atomic E-state index is 12.0. The van der Waals surface area contributed by atoms with E-state index >= 15 is 0 Å². The Balaban J connectivity index is 1.97. The average Bonchev–Trinajstić information content (AvgIpc) is 2.82. The molecule has 1 amide bonds. The van der Waals surface area contributed by atoms with Crippen LogP contribution in [-0.4, -0.2) is 21.6 Å². The van der Waals surface area contributed by atoms with Gasteiger partial charge in [-0.2, -0.15) is 0 Å². The largest absolute Gasteiger partial charge is 0.278 e. The van der Waals surface area contributed by atoms with Gasteiger partial charge < -0.3 is 0 Å². The summed E-state index contributed by atoms with van der Waals surface area (Å²) in [5.74, 6) is 1.08. The van der Waals surface area contributed by atoms with E-state index in [0.29, 0.717) is 16.6 Å². The summed E-state index contributed by atoms with van der Waals surface area (Å²) in [6.45, 7) is 0. The Morgan fingerprint density at radius 1 is 1.26 bits per heavy atom. The van der Waals surface area contributed by atoms with Crippen molar-refractivity contribution in [2.75, 3.05) is 10.7 Å². The first-order chi connectivity index (χ1) is 9.25. The highest BCUT2D eigenvalue weighted by Gasteiger charge is 2.34. The highest BCUT2D eigenvalue weighted by atomic mass is 35.5. The monoisotopic (exact) mass is 291 g/mol. The summed E-state index contributed by atoms with van der Waals surface area (Å²) in [4.78, 5) is 21.9. The second-order valence-corrected chi connectivity index (χ2v) is 5.55. The fraction of sp³-hybridized carbons (Fsp3) is 0.154. The van der Waals surface area contributed by atoms with Gasteiger partial charge in [0.1, 0.15) is 5.37 Å². The molecule has 2 aromatic rings. The molecule has 1 unspecified atom stereocenters. The molecule has 0 saturated carbocycles. The van der Waals surface area contributed by atoms with Crippen LogP contribution in [0, 0.1) is 0 Å². The number of nitrogens with zero attached hydrogens (tertiary/aromatic N) is 3. The van der Waals surface area contributed by atoms with Crippen LogP contribution in [0.25, 0.3) is 0 Å². The van der Waals surface area contributed by atoms with E-state index in [-0.39, 0.29) is 11.3 Å². The fourth-order valence-corrected chi connectivity index (χ4v) is 3.25. The molecular weight excluding hydrogens is 282 g/mol. The van der Waals surface area contributed by atoms with Crippen LogP contribution in [0.4, 0.5) is 5.82 Å². The van der Waals surface area contributed by atoms with Crippen LogP contribution >= 0.6 is 23.4 Å². The number of halogens is 1. The van der Waals surface area contributed by atoms with Gasteiger partial charge in [0.2, 0.25) is 5.91 Å². The van der Waals surface area contributed by atoms with Gasteiger partial charge in [-0.15, -0.1) is 11.8 Å². The standard InChI is InChI=1S/C13H10ClN3OS/c14-10-3-1-9(2-4-10)13-17(12(18)8-19-13)11-7-15-5-6-16-11/h1-7,13H,8H2. The Hall–Kier alpha value is -1.59. The number of rotatable bonds is 2. The number of hydrogen-bond donors (Lipinski definition) is 0. The van der Waals surface area contributed by atoms with E-state index in [9.17, 15) is 4.79 Å². The van der Waals surface area contributed by atoms with Crippen molar-refractivity contribution in [3.8, 4) is 0 Å². The number of thioether (sulfide) groups is 1. The quantitative estimate of drug-likeness (QED) is 0.853. The fourth-order valence-electron chi connectivity index (χ4n) is 1.96. The van der Waals surface area contributed by atoms with Gasteiger partial charge in [-0.3, -0.25) is 14.7 Å². The highest BCUT2D eigenvalue weighted by molar-refractivity contribution is 8.00. The molecule has 1 aromatic heterocycles. The molecule has 0 bridgehead atoms. The van der Waals surface area contributed by atoms with Crippen molar-refractivity contribution < 1.29 is 4.79 Å². The van der Waals surface area contributed by atoms with Crippen molar-refractivity contribution in [3.05, 3.63) is 53.4 Å². The zero-order valence-corrected chi connectivity index (χ0v) is 11.4. The predicted octanol–water partition coefficient (Wildman–Crippen LogP) is 2.91. The maximum atomic E-state index is 12.0. The van der Waals surface area contributed by atoms with Crippen molar-refractivity contribution >= 4 is 35.1 Å². The van der Waals surface area contributed by atoms with E-state index in [0.717, 1.165) is 5.56 Å². The second kappa shape index (κ2) is 5.19. The summed E-state index contributed by atoms with van der Waals surface area (Å²) in [7, 11) is 0. The molecule has 1 fully saturated rings. The first kappa shape index (κ1) is 12.4. The molecule has 3 rings (SSSR count). The van der Waals surface area contributed by atoms with Crippen LogP contribution in [0.2, 0.25) is 5.02 Å². The molecule has 1 aliphatic rings. The van der Waals surface area contributed by atoms with E-state index in [1.165, 1.54) is 0 Å². The number of hydrogen-bond acceptors (Lipinski definition) is 4. The van der Waals surface area contributed by atoms with Gasteiger partial charge in [-0.25, -0.2) is 4.98 Å². The number of benzene rings is 1. The van der Waals surface area contributed by atoms with Crippen LogP contribution in [0.1, 0.15) is 10.9 Å². The normalized spacial score (nSPS) is 18.9. The number of carbonyl (C=O) groups is 1. The van der Waals surface area contributed by atoms with Gasteiger partial charge in [0.15, 0.2) is 5.82 Å². The predicted molar refractivity (Wildman–Crippen MR) is 76.2 cm³/mol. The maximum Gasteiger partial charge on any atom is 0.239 e. The lowest BCUT2D eigenvalue weighted by molar-refractivity contribution is -0.115. The van der Waals surface area contributed by atoms with Crippen molar-refractivity contribution in [1.82, 2.24) is 9.97 Å². The van der Waals surface area contributed by atoms with Crippen molar-refractivity contribution in [3.63, 3.8) is 0 Å². The van der Waals surface area contributed by atoms with E-state index < -0.39 is 0 Å². The minimum Gasteiger partial charge on any atom is -0.278 e. The molecule has 96 valence electrons. The van der Waals surface area contributed by atoms with Gasteiger partial charge in [0.05, 0.1) is 11.9 Å². The molecule has 4 nitrogen and oxygen atoms in total. The number of carbonyl (C=O) groups excluding carboxylic acids is 1. The van der Waals surface area contributed by atoms with Gasteiger partial charge in [0.25, 0.3) is 0 Å². The molecule has 19 heavy (non-hydrogen) atoms. The molecule has 0 aliphatic carbocycles. The molecule has 0 radical (unpaired) electrons. The summed E-state index contributed by atoms with van der Waals surface area (Å²) >= 11 is 7.47. The van der Waals surface area contributed by atoms with Crippen LogP contribution in [0.3, 0.4) is 0 Å². The molecule has 0 spiro atoms. The zero-order chi connectivity index (χ0) is 13.2. The van der Waals surface area contributed by atoms with E-state index in [4.69, 9.17) is 11.6 Å². The Kier molecular flexibility index (Phi) is 3.40.